The molecule has 1 saturated carbocycles. The van der Waals surface area contributed by atoms with E-state index in [1.54, 1.807) is 0 Å². The van der Waals surface area contributed by atoms with Crippen molar-refractivity contribution in [3.8, 4) is 0 Å². The van der Waals surface area contributed by atoms with Crippen molar-refractivity contribution in [1.29, 1.82) is 0 Å². The molecule has 1 aliphatic carbocycles. The number of hydrogen-bond acceptors (Lipinski definition) is 1. The van der Waals surface area contributed by atoms with Crippen LogP contribution in [0.15, 0.2) is 0 Å². The zero-order valence-electron chi connectivity index (χ0n) is 15.5. The molecule has 0 aromatic rings. The smallest absolute Gasteiger partial charge is 0.00923 e. The van der Waals surface area contributed by atoms with Gasteiger partial charge in [-0.3, -0.25) is 0 Å². The third kappa shape index (κ3) is 6.30. The molecule has 0 heterocycles. The molecule has 3 atom stereocenters. The summed E-state index contributed by atoms with van der Waals surface area (Å²) >= 11 is 0. The van der Waals surface area contributed by atoms with Crippen molar-refractivity contribution in [2.75, 3.05) is 13.6 Å². The van der Waals surface area contributed by atoms with Gasteiger partial charge >= 0.3 is 0 Å². The fraction of sp³-hybridized carbons (Fsp3) is 1.00. The van der Waals surface area contributed by atoms with Gasteiger partial charge in [0.1, 0.15) is 0 Å². The highest BCUT2D eigenvalue weighted by molar-refractivity contribution is 4.79. The molecule has 0 bridgehead atoms. The second-order valence-electron chi connectivity index (χ2n) is 7.57. The van der Waals surface area contributed by atoms with Crippen LogP contribution >= 0.6 is 0 Å². The summed E-state index contributed by atoms with van der Waals surface area (Å²) in [6, 6.07) is 0.871. The van der Waals surface area contributed by atoms with E-state index in [0.29, 0.717) is 0 Å². The Labute approximate surface area is 134 Å². The Morgan fingerprint density at radius 2 is 1.57 bits per heavy atom. The van der Waals surface area contributed by atoms with Crippen molar-refractivity contribution >= 4 is 0 Å². The lowest BCUT2D eigenvalue weighted by atomic mass is 9.77. The van der Waals surface area contributed by atoms with Gasteiger partial charge in [0, 0.05) is 12.6 Å². The molecule has 1 aliphatic rings. The first kappa shape index (κ1) is 19.0. The van der Waals surface area contributed by atoms with E-state index in [1.165, 1.54) is 70.8 Å². The molecule has 0 N–H and O–H groups in total. The zero-order valence-corrected chi connectivity index (χ0v) is 15.5. The average Bonchev–Trinajstić information content (AvgIpc) is 2.53. The molecule has 3 unspecified atom stereocenters. The lowest BCUT2D eigenvalue weighted by Gasteiger charge is -2.37. The molecule has 0 aromatic carbocycles. The van der Waals surface area contributed by atoms with Crippen molar-refractivity contribution in [3.05, 3.63) is 0 Å². The zero-order chi connectivity index (χ0) is 15.7. The summed E-state index contributed by atoms with van der Waals surface area (Å²) in [4.78, 5) is 2.70. The summed E-state index contributed by atoms with van der Waals surface area (Å²) in [6.07, 6.45) is 14.2. The van der Waals surface area contributed by atoms with Crippen molar-refractivity contribution in [2.24, 2.45) is 17.8 Å². The van der Waals surface area contributed by atoms with Crippen LogP contribution in [-0.4, -0.2) is 24.5 Å². The van der Waals surface area contributed by atoms with E-state index in [1.807, 2.05) is 0 Å². The molecule has 1 nitrogen and oxygen atoms in total. The van der Waals surface area contributed by atoms with Crippen LogP contribution in [-0.2, 0) is 0 Å². The standard InChI is InChI=1S/C20H41N/c1-6-9-13-18(7-2)17(4)19(8-3)16-21(5)20-14-11-10-12-15-20/h17-20H,6-16H2,1-5H3. The first-order chi connectivity index (χ1) is 10.1. The second-order valence-corrected chi connectivity index (χ2v) is 7.57. The molecule has 0 spiro atoms. The SMILES string of the molecule is CCCCC(CC)C(C)C(CC)CN(C)C1CCCCC1. The minimum atomic E-state index is 0.871. The Hall–Kier alpha value is -0.0400. The third-order valence-electron chi connectivity index (χ3n) is 6.18. The fourth-order valence-corrected chi connectivity index (χ4v) is 4.40. The van der Waals surface area contributed by atoms with Crippen molar-refractivity contribution < 1.29 is 0 Å². The number of unbranched alkanes of at least 4 members (excludes halogenated alkanes) is 1. The normalized spacial score (nSPS) is 21.4. The lowest BCUT2D eigenvalue weighted by molar-refractivity contribution is 0.120. The molecule has 21 heavy (non-hydrogen) atoms. The molecule has 0 aliphatic heterocycles. The highest BCUT2D eigenvalue weighted by atomic mass is 15.1. The van der Waals surface area contributed by atoms with Gasteiger partial charge in [0.15, 0.2) is 0 Å². The van der Waals surface area contributed by atoms with Crippen LogP contribution in [0.4, 0.5) is 0 Å². The lowest BCUT2D eigenvalue weighted by Crippen LogP contribution is -2.39. The van der Waals surface area contributed by atoms with E-state index in [2.05, 4.69) is 39.6 Å². The van der Waals surface area contributed by atoms with E-state index in [-0.39, 0.29) is 0 Å². The van der Waals surface area contributed by atoms with Crippen molar-refractivity contribution in [3.63, 3.8) is 0 Å². The highest BCUT2D eigenvalue weighted by Gasteiger charge is 2.26. The minimum Gasteiger partial charge on any atom is -0.303 e. The van der Waals surface area contributed by atoms with Crippen LogP contribution in [0.3, 0.4) is 0 Å². The van der Waals surface area contributed by atoms with E-state index in [4.69, 9.17) is 0 Å². The number of hydrogen-bond donors (Lipinski definition) is 0. The molecule has 1 rings (SSSR count). The quantitative estimate of drug-likeness (QED) is 0.468. The van der Waals surface area contributed by atoms with Gasteiger partial charge in [0.25, 0.3) is 0 Å². The number of nitrogens with zero attached hydrogens (tertiary/aromatic N) is 1. The van der Waals surface area contributed by atoms with Crippen LogP contribution in [0.2, 0.25) is 0 Å². The molecule has 1 fully saturated rings. The van der Waals surface area contributed by atoms with E-state index < -0.39 is 0 Å². The Morgan fingerprint density at radius 3 is 2.10 bits per heavy atom. The van der Waals surface area contributed by atoms with E-state index >= 15 is 0 Å². The summed E-state index contributed by atoms with van der Waals surface area (Å²) in [6.45, 7) is 11.0. The van der Waals surface area contributed by atoms with E-state index in [0.717, 1.165) is 23.8 Å². The number of rotatable bonds is 10. The Kier molecular flexibility index (Phi) is 9.64. The molecule has 126 valence electrons. The first-order valence-corrected chi connectivity index (χ1v) is 9.84. The Balaban J connectivity index is 2.50. The molecular weight excluding hydrogens is 254 g/mol. The monoisotopic (exact) mass is 295 g/mol. The highest BCUT2D eigenvalue weighted by Crippen LogP contribution is 2.31. The average molecular weight is 296 g/mol. The van der Waals surface area contributed by atoms with Gasteiger partial charge < -0.3 is 4.90 Å². The summed E-state index contributed by atoms with van der Waals surface area (Å²) in [5, 5.41) is 0. The van der Waals surface area contributed by atoms with Crippen LogP contribution in [0.25, 0.3) is 0 Å². The molecule has 0 radical (unpaired) electrons. The molecule has 0 saturated heterocycles. The fourth-order valence-electron chi connectivity index (χ4n) is 4.40. The van der Waals surface area contributed by atoms with Crippen LogP contribution in [0.1, 0.15) is 91.9 Å². The van der Waals surface area contributed by atoms with Gasteiger partial charge in [-0.25, -0.2) is 0 Å². The first-order valence-electron chi connectivity index (χ1n) is 9.84. The predicted molar refractivity (Wildman–Crippen MR) is 95.8 cm³/mol. The summed E-state index contributed by atoms with van der Waals surface area (Å²) < 4.78 is 0. The minimum absolute atomic E-state index is 0.871. The third-order valence-corrected chi connectivity index (χ3v) is 6.18. The van der Waals surface area contributed by atoms with Crippen LogP contribution in [0.5, 0.6) is 0 Å². The van der Waals surface area contributed by atoms with Gasteiger partial charge in [-0.05, 0) is 37.6 Å². The summed E-state index contributed by atoms with van der Waals surface area (Å²) in [7, 11) is 2.39. The molecule has 1 heteroatoms. The van der Waals surface area contributed by atoms with Crippen LogP contribution < -0.4 is 0 Å². The maximum atomic E-state index is 2.70. The van der Waals surface area contributed by atoms with E-state index in [9.17, 15) is 0 Å². The second kappa shape index (κ2) is 10.6. The maximum Gasteiger partial charge on any atom is 0.00923 e. The predicted octanol–water partition coefficient (Wildman–Crippen LogP) is 6.13. The molecule has 0 aromatic heterocycles. The van der Waals surface area contributed by atoms with Crippen molar-refractivity contribution in [2.45, 2.75) is 97.9 Å². The molecular formula is C20H41N. The summed E-state index contributed by atoms with van der Waals surface area (Å²) in [5.41, 5.74) is 0. The Morgan fingerprint density at radius 1 is 0.952 bits per heavy atom. The summed E-state index contributed by atoms with van der Waals surface area (Å²) in [5.74, 6) is 2.71. The van der Waals surface area contributed by atoms with Crippen LogP contribution in [0, 0.1) is 17.8 Å². The van der Waals surface area contributed by atoms with Gasteiger partial charge in [0.05, 0.1) is 0 Å². The Bertz CT molecular complexity index is 244. The van der Waals surface area contributed by atoms with Gasteiger partial charge in [0.2, 0.25) is 0 Å². The maximum absolute atomic E-state index is 2.70. The molecule has 0 amide bonds. The van der Waals surface area contributed by atoms with Gasteiger partial charge in [-0.15, -0.1) is 0 Å². The largest absolute Gasteiger partial charge is 0.303 e. The van der Waals surface area contributed by atoms with Gasteiger partial charge in [-0.2, -0.15) is 0 Å². The topological polar surface area (TPSA) is 3.24 Å². The van der Waals surface area contributed by atoms with Gasteiger partial charge in [-0.1, -0.05) is 79.1 Å². The van der Waals surface area contributed by atoms with Crippen molar-refractivity contribution in [1.82, 2.24) is 4.90 Å².